The van der Waals surface area contributed by atoms with Crippen molar-refractivity contribution < 1.29 is 22.7 Å². The van der Waals surface area contributed by atoms with E-state index in [1.807, 2.05) is 0 Å². The number of nitrogens with zero attached hydrogens (tertiary/aromatic N) is 1. The average molecular weight is 308 g/mol. The Bertz CT molecular complexity index is 830. The van der Waals surface area contributed by atoms with Gasteiger partial charge in [-0.2, -0.15) is 0 Å². The minimum atomic E-state index is -3.72. The van der Waals surface area contributed by atoms with Crippen LogP contribution in [0.5, 0.6) is 0 Å². The van der Waals surface area contributed by atoms with Crippen LogP contribution in [0, 0.1) is 0 Å². The number of sulfonamides is 1. The summed E-state index contributed by atoms with van der Waals surface area (Å²) in [6.45, 7) is 0. The molecule has 1 heterocycles. The van der Waals surface area contributed by atoms with E-state index in [2.05, 4.69) is 9.72 Å². The second kappa shape index (κ2) is 5.49. The highest BCUT2D eigenvalue weighted by Crippen LogP contribution is 2.19. The van der Waals surface area contributed by atoms with Gasteiger partial charge >= 0.3 is 5.97 Å². The molecule has 0 fully saturated rings. The Balaban J connectivity index is 2.61. The van der Waals surface area contributed by atoms with Gasteiger partial charge in [0.2, 0.25) is 10.0 Å². The highest BCUT2D eigenvalue weighted by Gasteiger charge is 2.18. The second-order valence-corrected chi connectivity index (χ2v) is 6.02. The van der Waals surface area contributed by atoms with Crippen molar-refractivity contribution in [2.45, 2.75) is 0 Å². The first-order valence-corrected chi connectivity index (χ1v) is 7.71. The largest absolute Gasteiger partial charge is 0.465 e. The lowest BCUT2D eigenvalue weighted by molar-refractivity contribution is 0.0603. The quantitative estimate of drug-likeness (QED) is 0.838. The van der Waals surface area contributed by atoms with Gasteiger partial charge in [-0.3, -0.25) is 4.79 Å². The summed E-state index contributed by atoms with van der Waals surface area (Å²) in [6.07, 6.45) is 0.854. The van der Waals surface area contributed by atoms with Crippen molar-refractivity contribution in [3.8, 4) is 0 Å². The van der Waals surface area contributed by atoms with E-state index in [1.165, 1.54) is 13.2 Å². The fourth-order valence-electron chi connectivity index (χ4n) is 1.79. The zero-order valence-electron chi connectivity index (χ0n) is 11.3. The van der Waals surface area contributed by atoms with E-state index < -0.39 is 21.9 Å². The first kappa shape index (κ1) is 14.9. The molecule has 1 aromatic heterocycles. The van der Waals surface area contributed by atoms with Crippen molar-refractivity contribution in [1.82, 2.24) is 9.71 Å². The number of benzene rings is 1. The predicted octanol–water partition coefficient (Wildman–Crippen LogP) is 0.711. The van der Waals surface area contributed by atoms with E-state index in [-0.39, 0.29) is 11.3 Å². The second-order valence-electron chi connectivity index (χ2n) is 4.27. The van der Waals surface area contributed by atoms with Gasteiger partial charge < -0.3 is 4.74 Å². The number of amides is 1. The van der Waals surface area contributed by atoms with Gasteiger partial charge in [-0.1, -0.05) is 18.2 Å². The molecule has 21 heavy (non-hydrogen) atoms. The summed E-state index contributed by atoms with van der Waals surface area (Å²) >= 11 is 0. The molecule has 7 nitrogen and oxygen atoms in total. The fraction of sp³-hybridized carbons (Fsp3) is 0.154. The van der Waals surface area contributed by atoms with Crippen molar-refractivity contribution in [2.75, 3.05) is 13.4 Å². The third-order valence-corrected chi connectivity index (χ3v) is 3.19. The molecule has 2 rings (SSSR count). The Morgan fingerprint density at radius 1 is 1.24 bits per heavy atom. The first-order valence-electron chi connectivity index (χ1n) is 5.82. The van der Waals surface area contributed by atoms with Gasteiger partial charge in [0, 0.05) is 5.39 Å². The van der Waals surface area contributed by atoms with Crippen molar-refractivity contribution >= 4 is 32.8 Å². The maximum absolute atomic E-state index is 11.9. The van der Waals surface area contributed by atoms with Crippen LogP contribution < -0.4 is 4.72 Å². The molecular weight excluding hydrogens is 296 g/mol. The monoisotopic (exact) mass is 308 g/mol. The summed E-state index contributed by atoms with van der Waals surface area (Å²) in [7, 11) is -2.50. The van der Waals surface area contributed by atoms with E-state index in [9.17, 15) is 18.0 Å². The Hall–Kier alpha value is -2.48. The number of pyridine rings is 1. The molecule has 0 unspecified atom stereocenters. The molecule has 110 valence electrons. The number of carbonyl (C=O) groups is 2. The molecule has 0 aliphatic heterocycles. The van der Waals surface area contributed by atoms with Crippen LogP contribution >= 0.6 is 0 Å². The number of ether oxygens (including phenoxy) is 1. The number of fused-ring (bicyclic) bond motifs is 1. The highest BCUT2D eigenvalue weighted by atomic mass is 32.2. The number of nitrogens with one attached hydrogen (secondary N) is 1. The molecule has 0 aliphatic carbocycles. The minimum Gasteiger partial charge on any atom is -0.465 e. The Morgan fingerprint density at radius 3 is 2.52 bits per heavy atom. The van der Waals surface area contributed by atoms with Crippen LogP contribution in [0.15, 0.2) is 30.3 Å². The Kier molecular flexibility index (Phi) is 3.90. The number of esters is 1. The van der Waals surface area contributed by atoms with Gasteiger partial charge in [0.15, 0.2) is 0 Å². The van der Waals surface area contributed by atoms with Crippen LogP contribution in [0.4, 0.5) is 0 Å². The Labute approximate surface area is 121 Å². The number of methoxy groups -OCH3 is 1. The van der Waals surface area contributed by atoms with E-state index in [0.717, 1.165) is 6.26 Å². The molecule has 1 amide bonds. The van der Waals surface area contributed by atoms with Crippen LogP contribution in [0.25, 0.3) is 10.9 Å². The predicted molar refractivity (Wildman–Crippen MR) is 75.4 cm³/mol. The maximum atomic E-state index is 11.9. The molecule has 1 N–H and O–H groups in total. The number of carbonyl (C=O) groups excluding carboxylic acids is 2. The highest BCUT2D eigenvalue weighted by molar-refractivity contribution is 7.89. The van der Waals surface area contributed by atoms with Crippen LogP contribution in [0.2, 0.25) is 0 Å². The van der Waals surface area contributed by atoms with E-state index in [1.54, 1.807) is 29.0 Å². The normalized spacial score (nSPS) is 11.1. The van der Waals surface area contributed by atoms with Crippen LogP contribution in [0.3, 0.4) is 0 Å². The van der Waals surface area contributed by atoms with Gasteiger partial charge in [0.05, 0.1) is 24.4 Å². The standard InChI is InChI=1S/C13H12N2O5S/c1-20-13(17)9-7-11(12(16)15-21(2,18)19)14-10-6-4-3-5-8(9)10/h3-7H,1-2H3,(H,15,16). The number of rotatable bonds is 3. The van der Waals surface area contributed by atoms with Crippen molar-refractivity contribution in [3.63, 3.8) is 0 Å². The maximum Gasteiger partial charge on any atom is 0.338 e. The first-order chi connectivity index (χ1) is 9.81. The summed E-state index contributed by atoms with van der Waals surface area (Å²) in [5, 5.41) is 0.514. The van der Waals surface area contributed by atoms with Crippen molar-refractivity contribution in [1.29, 1.82) is 0 Å². The molecule has 0 bridgehead atoms. The lowest BCUT2D eigenvalue weighted by Gasteiger charge is -2.08. The summed E-state index contributed by atoms with van der Waals surface area (Å²) in [6, 6.07) is 7.88. The van der Waals surface area contributed by atoms with E-state index >= 15 is 0 Å². The molecule has 8 heteroatoms. The molecule has 2 aromatic rings. The fourth-order valence-corrected chi connectivity index (χ4v) is 2.23. The summed E-state index contributed by atoms with van der Waals surface area (Å²) in [5.74, 6) is -1.55. The number of para-hydroxylation sites is 1. The van der Waals surface area contributed by atoms with Crippen molar-refractivity contribution in [2.24, 2.45) is 0 Å². The molecule has 0 radical (unpaired) electrons. The summed E-state index contributed by atoms with van der Waals surface area (Å²) in [4.78, 5) is 27.7. The summed E-state index contributed by atoms with van der Waals surface area (Å²) in [5.41, 5.74) is 0.348. The molecule has 0 atom stereocenters. The van der Waals surface area contributed by atoms with Gasteiger partial charge in [-0.15, -0.1) is 0 Å². The number of hydrogen-bond acceptors (Lipinski definition) is 6. The molecule has 0 aliphatic rings. The van der Waals surface area contributed by atoms with Gasteiger partial charge in [-0.25, -0.2) is 22.9 Å². The number of aromatic nitrogens is 1. The van der Waals surface area contributed by atoms with Gasteiger partial charge in [0.1, 0.15) is 5.69 Å². The lowest BCUT2D eigenvalue weighted by atomic mass is 10.1. The third-order valence-electron chi connectivity index (χ3n) is 2.63. The van der Waals surface area contributed by atoms with Crippen LogP contribution in [-0.2, 0) is 14.8 Å². The topological polar surface area (TPSA) is 102 Å². The van der Waals surface area contributed by atoms with Gasteiger partial charge in [-0.05, 0) is 12.1 Å². The van der Waals surface area contributed by atoms with E-state index in [0.29, 0.717) is 10.9 Å². The molecule has 0 saturated carbocycles. The lowest BCUT2D eigenvalue weighted by Crippen LogP contribution is -2.30. The SMILES string of the molecule is COC(=O)c1cc(C(=O)NS(C)(=O)=O)nc2ccccc12. The smallest absolute Gasteiger partial charge is 0.338 e. The summed E-state index contributed by atoms with van der Waals surface area (Å²) < 4.78 is 28.7. The minimum absolute atomic E-state index is 0.141. The third kappa shape index (κ3) is 3.34. The average Bonchev–Trinajstić information content (AvgIpc) is 2.43. The van der Waals surface area contributed by atoms with Gasteiger partial charge in [0.25, 0.3) is 5.91 Å². The van der Waals surface area contributed by atoms with Crippen LogP contribution in [-0.4, -0.2) is 38.6 Å². The van der Waals surface area contributed by atoms with Crippen molar-refractivity contribution in [3.05, 3.63) is 41.6 Å². The molecule has 0 saturated heterocycles. The Morgan fingerprint density at radius 2 is 1.90 bits per heavy atom. The van der Waals surface area contributed by atoms with E-state index in [4.69, 9.17) is 0 Å². The molecule has 0 spiro atoms. The zero-order valence-corrected chi connectivity index (χ0v) is 12.1. The van der Waals surface area contributed by atoms with Crippen LogP contribution in [0.1, 0.15) is 20.8 Å². The zero-order chi connectivity index (χ0) is 15.6. The number of hydrogen-bond donors (Lipinski definition) is 1. The molecule has 1 aromatic carbocycles. The molecular formula is C13H12N2O5S.